The molecule has 2 aromatic carbocycles. The summed E-state index contributed by atoms with van der Waals surface area (Å²) in [5, 5.41) is 3.71. The molecule has 0 aliphatic rings. The molecule has 3 rings (SSSR count). The molecule has 0 saturated heterocycles. The van der Waals surface area contributed by atoms with Gasteiger partial charge in [-0.05, 0) is 49.7 Å². The van der Waals surface area contributed by atoms with Gasteiger partial charge in [-0.25, -0.2) is 4.98 Å². The summed E-state index contributed by atoms with van der Waals surface area (Å²) < 4.78 is 7.68. The molecular weight excluding hydrogens is 385 g/mol. The van der Waals surface area contributed by atoms with Gasteiger partial charge in [0.1, 0.15) is 11.6 Å². The molecule has 0 aliphatic carbocycles. The van der Waals surface area contributed by atoms with Crippen molar-refractivity contribution >= 4 is 34.8 Å². The first-order valence-corrected chi connectivity index (χ1v) is 9.17. The van der Waals surface area contributed by atoms with Gasteiger partial charge in [0.05, 0.1) is 5.02 Å². The van der Waals surface area contributed by atoms with Crippen LogP contribution in [0.25, 0.3) is 0 Å². The fourth-order valence-electron chi connectivity index (χ4n) is 2.52. The molecule has 0 saturated carbocycles. The molecule has 1 unspecified atom stereocenters. The molecule has 0 fully saturated rings. The molecule has 0 spiro atoms. The van der Waals surface area contributed by atoms with E-state index in [1.807, 2.05) is 37.4 Å². The number of hydrogen-bond donors (Lipinski definition) is 1. The Labute approximate surface area is 167 Å². The summed E-state index contributed by atoms with van der Waals surface area (Å²) in [6.45, 7) is 4.36. The molecule has 1 N–H and O–H groups in total. The number of nitrogens with zero attached hydrogens (tertiary/aromatic N) is 2. The topological polar surface area (TPSA) is 56.2 Å². The number of aryl methyl sites for hydroxylation is 1. The van der Waals surface area contributed by atoms with Gasteiger partial charge in [-0.3, -0.25) is 4.79 Å². The first kappa shape index (κ1) is 19.3. The van der Waals surface area contributed by atoms with Crippen LogP contribution in [0.15, 0.2) is 54.9 Å². The second-order valence-electron chi connectivity index (χ2n) is 6.12. The highest BCUT2D eigenvalue weighted by atomic mass is 35.5. The highest BCUT2D eigenvalue weighted by Crippen LogP contribution is 2.28. The van der Waals surface area contributed by atoms with Crippen LogP contribution in [-0.2, 0) is 11.3 Å². The molecule has 1 amide bonds. The average Bonchev–Trinajstić information content (AvgIpc) is 3.03. The molecule has 1 heterocycles. The van der Waals surface area contributed by atoms with Crippen molar-refractivity contribution in [2.24, 2.45) is 0 Å². The minimum atomic E-state index is -0.711. The highest BCUT2D eigenvalue weighted by Gasteiger charge is 2.16. The molecule has 140 valence electrons. The summed E-state index contributed by atoms with van der Waals surface area (Å²) in [6, 6.07) is 12.5. The Morgan fingerprint density at radius 1 is 1.22 bits per heavy atom. The zero-order chi connectivity index (χ0) is 19.4. The van der Waals surface area contributed by atoms with Crippen molar-refractivity contribution in [3.63, 3.8) is 0 Å². The number of anilines is 1. The third kappa shape index (κ3) is 5.02. The summed E-state index contributed by atoms with van der Waals surface area (Å²) >= 11 is 11.9. The zero-order valence-electron chi connectivity index (χ0n) is 14.9. The Hall–Kier alpha value is -2.50. The smallest absolute Gasteiger partial charge is 0.265 e. The third-order valence-corrected chi connectivity index (χ3v) is 4.60. The standard InChI is InChI=1S/C20H19Cl2N3O2/c1-13(27-19-8-5-16(21)11-18(19)22)20(26)24-17-6-3-15(4-7-17)12-25-10-9-23-14(25)2/h3-11,13H,12H2,1-2H3,(H,24,26). The number of aromatic nitrogens is 2. The predicted molar refractivity (Wildman–Crippen MR) is 108 cm³/mol. The van der Waals surface area contributed by atoms with Crippen LogP contribution in [0.2, 0.25) is 10.0 Å². The summed E-state index contributed by atoms with van der Waals surface area (Å²) in [6.07, 6.45) is 3.00. The van der Waals surface area contributed by atoms with E-state index in [0.717, 1.165) is 17.9 Å². The van der Waals surface area contributed by atoms with Crippen LogP contribution < -0.4 is 10.1 Å². The molecule has 1 aromatic heterocycles. The van der Waals surface area contributed by atoms with Crippen molar-refractivity contribution in [1.82, 2.24) is 9.55 Å². The molecule has 3 aromatic rings. The minimum absolute atomic E-state index is 0.265. The number of amides is 1. The number of carbonyl (C=O) groups is 1. The second-order valence-corrected chi connectivity index (χ2v) is 6.97. The van der Waals surface area contributed by atoms with Crippen LogP contribution in [0.4, 0.5) is 5.69 Å². The number of hydrogen-bond acceptors (Lipinski definition) is 3. The first-order valence-electron chi connectivity index (χ1n) is 8.41. The maximum Gasteiger partial charge on any atom is 0.265 e. The Morgan fingerprint density at radius 2 is 1.96 bits per heavy atom. The van der Waals surface area contributed by atoms with E-state index in [1.165, 1.54) is 0 Å². The van der Waals surface area contributed by atoms with Gasteiger partial charge in [0.25, 0.3) is 5.91 Å². The van der Waals surface area contributed by atoms with Crippen molar-refractivity contribution < 1.29 is 9.53 Å². The van der Waals surface area contributed by atoms with Gasteiger partial charge in [-0.1, -0.05) is 35.3 Å². The summed E-state index contributed by atoms with van der Waals surface area (Å²) in [5.41, 5.74) is 1.81. The Kier molecular flexibility index (Phi) is 6.04. The molecule has 0 aliphatic heterocycles. The number of rotatable bonds is 6. The van der Waals surface area contributed by atoms with Gasteiger partial charge in [0.15, 0.2) is 6.10 Å². The predicted octanol–water partition coefficient (Wildman–Crippen LogP) is 4.95. The quantitative estimate of drug-likeness (QED) is 0.632. The van der Waals surface area contributed by atoms with Crippen molar-refractivity contribution in [1.29, 1.82) is 0 Å². The fraction of sp³-hybridized carbons (Fsp3) is 0.200. The minimum Gasteiger partial charge on any atom is -0.479 e. The maximum atomic E-state index is 12.4. The van der Waals surface area contributed by atoms with Crippen molar-refractivity contribution in [2.75, 3.05) is 5.32 Å². The maximum absolute atomic E-state index is 12.4. The second kappa shape index (κ2) is 8.46. The molecule has 0 bridgehead atoms. The molecule has 5 nitrogen and oxygen atoms in total. The van der Waals surface area contributed by atoms with Crippen LogP contribution in [0.3, 0.4) is 0 Å². The van der Waals surface area contributed by atoms with Crippen LogP contribution in [-0.4, -0.2) is 21.6 Å². The van der Waals surface area contributed by atoms with Crippen LogP contribution >= 0.6 is 23.2 Å². The Balaban J connectivity index is 1.59. The van der Waals surface area contributed by atoms with Gasteiger partial charge in [0, 0.05) is 29.6 Å². The molecule has 0 radical (unpaired) electrons. The van der Waals surface area contributed by atoms with Crippen LogP contribution in [0, 0.1) is 6.92 Å². The SMILES string of the molecule is Cc1nccn1Cc1ccc(NC(=O)C(C)Oc2ccc(Cl)cc2Cl)cc1. The molecule has 1 atom stereocenters. The van der Waals surface area contributed by atoms with E-state index in [0.29, 0.717) is 21.5 Å². The summed E-state index contributed by atoms with van der Waals surface area (Å²) in [4.78, 5) is 16.6. The largest absolute Gasteiger partial charge is 0.479 e. The van der Waals surface area contributed by atoms with E-state index in [4.69, 9.17) is 27.9 Å². The van der Waals surface area contributed by atoms with Crippen molar-refractivity contribution in [2.45, 2.75) is 26.5 Å². The fourth-order valence-corrected chi connectivity index (χ4v) is 2.97. The number of ether oxygens (including phenoxy) is 1. The number of benzene rings is 2. The monoisotopic (exact) mass is 403 g/mol. The average molecular weight is 404 g/mol. The van der Waals surface area contributed by atoms with Crippen molar-refractivity contribution in [3.8, 4) is 5.75 Å². The van der Waals surface area contributed by atoms with Crippen LogP contribution in [0.5, 0.6) is 5.75 Å². The number of imidazole rings is 1. The van der Waals surface area contributed by atoms with E-state index >= 15 is 0 Å². The molecule has 7 heteroatoms. The van der Waals surface area contributed by atoms with Crippen molar-refractivity contribution in [3.05, 3.63) is 76.3 Å². The number of nitrogens with one attached hydrogen (secondary N) is 1. The molecular formula is C20H19Cl2N3O2. The van der Waals surface area contributed by atoms with Gasteiger partial charge in [-0.15, -0.1) is 0 Å². The lowest BCUT2D eigenvalue weighted by atomic mass is 10.2. The van der Waals surface area contributed by atoms with Gasteiger partial charge < -0.3 is 14.6 Å². The van der Waals surface area contributed by atoms with E-state index in [1.54, 1.807) is 31.3 Å². The third-order valence-electron chi connectivity index (χ3n) is 4.06. The lowest BCUT2D eigenvalue weighted by Crippen LogP contribution is -2.30. The summed E-state index contributed by atoms with van der Waals surface area (Å²) in [5.74, 6) is 1.10. The van der Waals surface area contributed by atoms with Gasteiger partial charge in [-0.2, -0.15) is 0 Å². The lowest BCUT2D eigenvalue weighted by molar-refractivity contribution is -0.122. The number of halogens is 2. The first-order chi connectivity index (χ1) is 12.9. The van der Waals surface area contributed by atoms with Crippen LogP contribution in [0.1, 0.15) is 18.3 Å². The normalized spacial score (nSPS) is 11.9. The van der Waals surface area contributed by atoms with E-state index < -0.39 is 6.10 Å². The lowest BCUT2D eigenvalue weighted by Gasteiger charge is -2.16. The van der Waals surface area contributed by atoms with E-state index in [9.17, 15) is 4.79 Å². The molecule has 27 heavy (non-hydrogen) atoms. The van der Waals surface area contributed by atoms with E-state index in [2.05, 4.69) is 14.9 Å². The number of carbonyl (C=O) groups excluding carboxylic acids is 1. The summed E-state index contributed by atoms with van der Waals surface area (Å²) in [7, 11) is 0. The zero-order valence-corrected chi connectivity index (χ0v) is 16.5. The Bertz CT molecular complexity index is 939. The Morgan fingerprint density at radius 3 is 2.59 bits per heavy atom. The van der Waals surface area contributed by atoms with E-state index in [-0.39, 0.29) is 5.91 Å². The van der Waals surface area contributed by atoms with Gasteiger partial charge >= 0.3 is 0 Å². The van der Waals surface area contributed by atoms with Gasteiger partial charge in [0.2, 0.25) is 0 Å². The highest BCUT2D eigenvalue weighted by molar-refractivity contribution is 6.35.